The number of nitrogens with zero attached hydrogens (tertiary/aromatic N) is 1. The summed E-state index contributed by atoms with van der Waals surface area (Å²) in [7, 11) is 0. The van der Waals surface area contributed by atoms with E-state index in [4.69, 9.17) is 14.9 Å². The maximum atomic E-state index is 9.55. The molecule has 30 heavy (non-hydrogen) atoms. The Bertz CT molecular complexity index is 911. The largest absolute Gasteiger partial charge is 0.478 e. The smallest absolute Gasteiger partial charge is 0.328 e. The van der Waals surface area contributed by atoms with E-state index in [-0.39, 0.29) is 0 Å². The van der Waals surface area contributed by atoms with Crippen LogP contribution in [0.5, 0.6) is 0 Å². The molecule has 2 N–H and O–H groups in total. The number of thiophene rings is 1. The number of carboxylic acid groups (broad SMARTS) is 2. The Kier molecular flexibility index (Phi) is 7.96. The summed E-state index contributed by atoms with van der Waals surface area (Å²) in [6.07, 6.45) is 5.78. The van der Waals surface area contributed by atoms with Gasteiger partial charge in [-0.2, -0.15) is 11.3 Å². The summed E-state index contributed by atoms with van der Waals surface area (Å²) in [4.78, 5) is 21.6. The summed E-state index contributed by atoms with van der Waals surface area (Å²) in [6, 6.07) is 8.99. The van der Waals surface area contributed by atoms with Gasteiger partial charge in [-0.3, -0.25) is 4.90 Å². The van der Waals surface area contributed by atoms with Gasteiger partial charge < -0.3 is 14.9 Å². The molecule has 0 bridgehead atoms. The summed E-state index contributed by atoms with van der Waals surface area (Å²) in [5, 5.41) is 20.0. The highest BCUT2D eigenvalue weighted by Gasteiger charge is 2.19. The average molecular weight is 428 g/mol. The Morgan fingerprint density at radius 1 is 1.07 bits per heavy atom. The maximum Gasteiger partial charge on any atom is 0.328 e. The van der Waals surface area contributed by atoms with Crippen molar-refractivity contribution in [2.45, 2.75) is 12.8 Å². The standard InChI is InChI=1S/C19H21NOS.C4H4O4/c1-2-17-15(6-8-20-9-11-21-12-10-20)4-5-19(17)18(3-1)16-7-13-22-14-16;5-3(6)1-2-4(7)8/h1-4,7,13-14H,5-6,8-12H2;1-2H,(H,5,6)(H,7,8). The minimum atomic E-state index is -1.26. The summed E-state index contributed by atoms with van der Waals surface area (Å²) in [5.74, 6) is -2.51. The van der Waals surface area contributed by atoms with E-state index in [0.29, 0.717) is 12.2 Å². The fourth-order valence-electron chi connectivity index (χ4n) is 3.61. The van der Waals surface area contributed by atoms with Crippen LogP contribution in [0.1, 0.15) is 17.5 Å². The molecule has 0 saturated carbocycles. The van der Waals surface area contributed by atoms with Crippen LogP contribution in [0.4, 0.5) is 0 Å². The highest BCUT2D eigenvalue weighted by Crippen LogP contribution is 2.37. The van der Waals surface area contributed by atoms with Crippen LogP contribution >= 0.6 is 11.3 Å². The van der Waals surface area contributed by atoms with Crippen molar-refractivity contribution < 1.29 is 24.5 Å². The number of ether oxygens (including phenoxy) is 1. The van der Waals surface area contributed by atoms with Crippen LogP contribution in [0.2, 0.25) is 0 Å². The van der Waals surface area contributed by atoms with Gasteiger partial charge in [-0.15, -0.1) is 0 Å². The van der Waals surface area contributed by atoms with Gasteiger partial charge in [0.15, 0.2) is 0 Å². The van der Waals surface area contributed by atoms with Crippen LogP contribution in [-0.2, 0) is 20.7 Å². The lowest BCUT2D eigenvalue weighted by molar-refractivity contribution is -0.134. The molecule has 6 nitrogen and oxygen atoms in total. The predicted molar refractivity (Wildman–Crippen MR) is 118 cm³/mol. The van der Waals surface area contributed by atoms with Crippen LogP contribution in [0, 0.1) is 0 Å². The van der Waals surface area contributed by atoms with Gasteiger partial charge >= 0.3 is 11.9 Å². The molecule has 0 spiro atoms. The van der Waals surface area contributed by atoms with Gasteiger partial charge in [0.2, 0.25) is 0 Å². The molecule has 0 atom stereocenters. The zero-order valence-electron chi connectivity index (χ0n) is 16.6. The molecular formula is C23H25NO5S. The lowest BCUT2D eigenvalue weighted by Gasteiger charge is -2.26. The molecule has 1 aromatic carbocycles. The second-order valence-electron chi connectivity index (χ2n) is 6.99. The van der Waals surface area contributed by atoms with Crippen molar-refractivity contribution in [1.29, 1.82) is 0 Å². The molecule has 1 aromatic heterocycles. The van der Waals surface area contributed by atoms with E-state index in [9.17, 15) is 9.59 Å². The number of hydrogen-bond donors (Lipinski definition) is 2. The molecule has 4 rings (SSSR count). The molecule has 1 aliphatic carbocycles. The Balaban J connectivity index is 0.000000275. The van der Waals surface area contributed by atoms with Crippen molar-refractivity contribution in [2.75, 3.05) is 32.8 Å². The third-order valence-electron chi connectivity index (χ3n) is 5.08. The lowest BCUT2D eigenvalue weighted by atomic mass is 9.96. The molecular weight excluding hydrogens is 402 g/mol. The lowest BCUT2D eigenvalue weighted by Crippen LogP contribution is -2.36. The summed E-state index contributed by atoms with van der Waals surface area (Å²) in [5.41, 5.74) is 7.29. The van der Waals surface area contributed by atoms with E-state index in [1.54, 1.807) is 11.3 Å². The van der Waals surface area contributed by atoms with E-state index in [0.717, 1.165) is 45.7 Å². The van der Waals surface area contributed by atoms with Gasteiger partial charge in [-0.05, 0) is 57.5 Å². The summed E-state index contributed by atoms with van der Waals surface area (Å²) in [6.45, 7) is 5.08. The highest BCUT2D eigenvalue weighted by atomic mass is 32.1. The Morgan fingerprint density at radius 2 is 1.77 bits per heavy atom. The number of morpholine rings is 1. The van der Waals surface area contributed by atoms with Crippen molar-refractivity contribution in [3.63, 3.8) is 0 Å². The number of fused-ring (bicyclic) bond motifs is 1. The molecule has 1 saturated heterocycles. The fourth-order valence-corrected chi connectivity index (χ4v) is 4.27. The Hall–Kier alpha value is -2.74. The molecule has 1 fully saturated rings. The van der Waals surface area contributed by atoms with E-state index < -0.39 is 11.9 Å². The molecule has 0 amide bonds. The topological polar surface area (TPSA) is 87.1 Å². The molecule has 7 heteroatoms. The molecule has 1 aliphatic heterocycles. The summed E-state index contributed by atoms with van der Waals surface area (Å²) < 4.78 is 5.43. The number of rotatable bonds is 6. The first-order valence-electron chi connectivity index (χ1n) is 9.82. The van der Waals surface area contributed by atoms with Gasteiger partial charge in [-0.25, -0.2) is 9.59 Å². The van der Waals surface area contributed by atoms with Crippen molar-refractivity contribution in [2.24, 2.45) is 0 Å². The molecule has 158 valence electrons. The molecule has 2 aliphatic rings. The summed E-state index contributed by atoms with van der Waals surface area (Å²) >= 11 is 1.77. The first kappa shape index (κ1) is 22.0. The van der Waals surface area contributed by atoms with Gasteiger partial charge in [-0.1, -0.05) is 24.3 Å². The second kappa shape index (κ2) is 10.9. The number of carboxylic acids is 2. The number of aliphatic carboxylic acids is 2. The van der Waals surface area contributed by atoms with Gasteiger partial charge in [0, 0.05) is 31.8 Å². The molecule has 2 heterocycles. The SMILES string of the molecule is C1=C(CCN2CCOCC2)c2cccc(-c3ccsc3)c2C1.O=C(O)C=CC(=O)O. The first-order chi connectivity index (χ1) is 14.5. The van der Waals surface area contributed by atoms with E-state index >= 15 is 0 Å². The Labute approximate surface area is 179 Å². The van der Waals surface area contributed by atoms with Crippen LogP contribution in [0.3, 0.4) is 0 Å². The second-order valence-corrected chi connectivity index (χ2v) is 7.77. The third-order valence-corrected chi connectivity index (χ3v) is 5.76. The highest BCUT2D eigenvalue weighted by molar-refractivity contribution is 7.08. The van der Waals surface area contributed by atoms with E-state index in [1.165, 1.54) is 27.8 Å². The normalized spacial score (nSPS) is 15.9. The average Bonchev–Trinajstić information content (AvgIpc) is 3.42. The zero-order chi connectivity index (χ0) is 21.3. The van der Waals surface area contributed by atoms with Crippen LogP contribution < -0.4 is 0 Å². The zero-order valence-corrected chi connectivity index (χ0v) is 17.4. The van der Waals surface area contributed by atoms with Crippen molar-refractivity contribution in [3.05, 3.63) is 64.4 Å². The van der Waals surface area contributed by atoms with E-state index in [2.05, 4.69) is 46.0 Å². The van der Waals surface area contributed by atoms with Gasteiger partial charge in [0.25, 0.3) is 0 Å². The van der Waals surface area contributed by atoms with Crippen LogP contribution in [0.15, 0.2) is 53.3 Å². The minimum Gasteiger partial charge on any atom is -0.478 e. The number of allylic oxidation sites excluding steroid dienone is 1. The predicted octanol–water partition coefficient (Wildman–Crippen LogP) is 3.79. The number of hydrogen-bond acceptors (Lipinski definition) is 5. The first-order valence-corrected chi connectivity index (χ1v) is 10.8. The fraction of sp³-hybridized carbons (Fsp3) is 0.304. The van der Waals surface area contributed by atoms with E-state index in [1.807, 2.05) is 0 Å². The van der Waals surface area contributed by atoms with Crippen LogP contribution in [0.25, 0.3) is 16.7 Å². The third kappa shape index (κ3) is 6.13. The Morgan fingerprint density at radius 3 is 2.40 bits per heavy atom. The number of carbonyl (C=O) groups is 2. The van der Waals surface area contributed by atoms with Crippen molar-refractivity contribution in [3.8, 4) is 11.1 Å². The quantitative estimate of drug-likeness (QED) is 0.682. The van der Waals surface area contributed by atoms with Gasteiger partial charge in [0.05, 0.1) is 13.2 Å². The molecule has 0 radical (unpaired) electrons. The van der Waals surface area contributed by atoms with Crippen molar-refractivity contribution in [1.82, 2.24) is 4.90 Å². The molecule has 2 aromatic rings. The van der Waals surface area contributed by atoms with Gasteiger partial charge in [0.1, 0.15) is 0 Å². The van der Waals surface area contributed by atoms with Crippen LogP contribution in [-0.4, -0.2) is 59.9 Å². The maximum absolute atomic E-state index is 9.55. The van der Waals surface area contributed by atoms with Crippen molar-refractivity contribution >= 4 is 28.8 Å². The molecule has 0 unspecified atom stereocenters. The monoisotopic (exact) mass is 427 g/mol. The number of benzene rings is 1. The minimum absolute atomic E-state index is 0.558.